The highest BCUT2D eigenvalue weighted by molar-refractivity contribution is 8.17. The normalized spacial score (nSPS) is 18.0. The Labute approximate surface area is 104 Å². The van der Waals surface area contributed by atoms with E-state index in [0.717, 1.165) is 22.5 Å². The van der Waals surface area contributed by atoms with Gasteiger partial charge in [-0.1, -0.05) is 42.4 Å². The van der Waals surface area contributed by atoms with Crippen molar-refractivity contribution in [3.05, 3.63) is 51.4 Å². The quantitative estimate of drug-likeness (QED) is 0.729. The number of carbonyl (C=O) groups is 1. The first-order chi connectivity index (χ1) is 7.69. The maximum absolute atomic E-state index is 11.6. The minimum Gasteiger partial charge on any atom is -0.281 e. The lowest BCUT2D eigenvalue weighted by Crippen LogP contribution is -1.87. The fourth-order valence-corrected chi connectivity index (χ4v) is 2.38. The van der Waals surface area contributed by atoms with Crippen LogP contribution in [0.3, 0.4) is 0 Å². The first-order valence-corrected chi connectivity index (χ1v) is 6.28. The molecule has 1 aromatic rings. The number of hydrogen-bond donors (Lipinski definition) is 0. The van der Waals surface area contributed by atoms with Crippen molar-refractivity contribution < 1.29 is 4.79 Å². The number of rotatable bonds is 2. The summed E-state index contributed by atoms with van der Waals surface area (Å²) in [5.74, 6) is 0. The van der Waals surface area contributed by atoms with Gasteiger partial charge in [0.1, 0.15) is 0 Å². The van der Waals surface area contributed by atoms with E-state index >= 15 is 0 Å². The van der Waals surface area contributed by atoms with E-state index in [9.17, 15) is 4.79 Å². The SMILES string of the molecule is CCC1=CC(=Cc2ccc(Cl)cc2)C(=O)S1. The third-order valence-electron chi connectivity index (χ3n) is 2.32. The minimum atomic E-state index is 0.131. The van der Waals surface area contributed by atoms with Crippen LogP contribution in [0.15, 0.2) is 40.8 Å². The Balaban J connectivity index is 2.28. The first-order valence-electron chi connectivity index (χ1n) is 5.09. The van der Waals surface area contributed by atoms with E-state index in [1.807, 2.05) is 36.4 Å². The topological polar surface area (TPSA) is 17.1 Å². The predicted molar refractivity (Wildman–Crippen MR) is 70.4 cm³/mol. The third-order valence-corrected chi connectivity index (χ3v) is 3.66. The molecule has 16 heavy (non-hydrogen) atoms. The van der Waals surface area contributed by atoms with Crippen LogP contribution < -0.4 is 0 Å². The number of carbonyl (C=O) groups excluding carboxylic acids is 1. The molecule has 0 fully saturated rings. The van der Waals surface area contributed by atoms with Crippen LogP contribution in [0.25, 0.3) is 6.08 Å². The summed E-state index contributed by atoms with van der Waals surface area (Å²) in [5, 5.41) is 0.839. The van der Waals surface area contributed by atoms with Crippen LogP contribution in [-0.4, -0.2) is 5.12 Å². The standard InChI is InChI=1S/C13H11ClOS/c1-2-12-8-10(13(15)16-12)7-9-3-5-11(14)6-4-9/h3-8H,2H2,1H3. The predicted octanol–water partition coefficient (Wildman–Crippen LogP) is 4.29. The zero-order valence-electron chi connectivity index (χ0n) is 8.87. The van der Waals surface area contributed by atoms with Crippen LogP contribution in [0, 0.1) is 0 Å². The van der Waals surface area contributed by atoms with Gasteiger partial charge in [-0.15, -0.1) is 0 Å². The second kappa shape index (κ2) is 4.89. The molecular weight excluding hydrogens is 240 g/mol. The van der Waals surface area contributed by atoms with Gasteiger partial charge in [0.25, 0.3) is 0 Å². The minimum absolute atomic E-state index is 0.131. The van der Waals surface area contributed by atoms with Gasteiger partial charge < -0.3 is 0 Å². The van der Waals surface area contributed by atoms with Crippen molar-refractivity contribution in [3.63, 3.8) is 0 Å². The Morgan fingerprint density at radius 1 is 1.31 bits per heavy atom. The zero-order chi connectivity index (χ0) is 11.5. The van der Waals surface area contributed by atoms with Crippen molar-refractivity contribution in [2.45, 2.75) is 13.3 Å². The molecular formula is C13H11ClOS. The number of thioether (sulfide) groups is 1. The summed E-state index contributed by atoms with van der Waals surface area (Å²) in [6, 6.07) is 7.46. The highest BCUT2D eigenvalue weighted by Crippen LogP contribution is 2.33. The Bertz CT molecular complexity index is 471. The smallest absolute Gasteiger partial charge is 0.223 e. The average Bonchev–Trinajstić information content (AvgIpc) is 2.63. The van der Waals surface area contributed by atoms with E-state index in [4.69, 9.17) is 11.6 Å². The van der Waals surface area contributed by atoms with E-state index in [1.165, 1.54) is 11.8 Å². The van der Waals surface area contributed by atoms with Crippen molar-refractivity contribution in [2.75, 3.05) is 0 Å². The van der Waals surface area contributed by atoms with Gasteiger partial charge in [0.2, 0.25) is 5.12 Å². The molecule has 0 saturated carbocycles. The van der Waals surface area contributed by atoms with Crippen molar-refractivity contribution in [3.8, 4) is 0 Å². The van der Waals surface area contributed by atoms with Crippen molar-refractivity contribution >= 4 is 34.6 Å². The second-order valence-corrected chi connectivity index (χ2v) is 5.04. The van der Waals surface area contributed by atoms with E-state index in [1.54, 1.807) is 0 Å². The summed E-state index contributed by atoms with van der Waals surface area (Å²) in [6.07, 6.45) is 4.77. The van der Waals surface area contributed by atoms with Crippen LogP contribution >= 0.6 is 23.4 Å². The maximum atomic E-state index is 11.6. The van der Waals surface area contributed by atoms with Gasteiger partial charge in [-0.2, -0.15) is 0 Å². The lowest BCUT2D eigenvalue weighted by atomic mass is 10.1. The molecule has 0 radical (unpaired) electrons. The number of allylic oxidation sites excluding steroid dienone is 2. The molecule has 0 unspecified atom stereocenters. The van der Waals surface area contributed by atoms with E-state index in [0.29, 0.717) is 5.02 Å². The molecule has 0 atom stereocenters. The van der Waals surface area contributed by atoms with E-state index in [2.05, 4.69) is 6.92 Å². The largest absolute Gasteiger partial charge is 0.281 e. The van der Waals surface area contributed by atoms with Gasteiger partial charge in [-0.05, 0) is 41.2 Å². The zero-order valence-corrected chi connectivity index (χ0v) is 10.4. The summed E-state index contributed by atoms with van der Waals surface area (Å²) >= 11 is 7.12. The molecule has 0 N–H and O–H groups in total. The summed E-state index contributed by atoms with van der Waals surface area (Å²) in [4.78, 5) is 12.8. The molecule has 0 aromatic heterocycles. The van der Waals surface area contributed by atoms with Crippen LogP contribution in [0.4, 0.5) is 0 Å². The monoisotopic (exact) mass is 250 g/mol. The van der Waals surface area contributed by atoms with Gasteiger partial charge in [-0.3, -0.25) is 4.79 Å². The Kier molecular flexibility index (Phi) is 3.52. The van der Waals surface area contributed by atoms with E-state index in [-0.39, 0.29) is 5.12 Å². The van der Waals surface area contributed by atoms with Crippen molar-refractivity contribution in [1.29, 1.82) is 0 Å². The molecule has 0 saturated heterocycles. The number of hydrogen-bond acceptors (Lipinski definition) is 2. The molecule has 0 spiro atoms. The highest BCUT2D eigenvalue weighted by Gasteiger charge is 2.18. The second-order valence-electron chi connectivity index (χ2n) is 3.50. The maximum Gasteiger partial charge on any atom is 0.223 e. The summed E-state index contributed by atoms with van der Waals surface area (Å²) in [7, 11) is 0. The summed E-state index contributed by atoms with van der Waals surface area (Å²) < 4.78 is 0. The average molecular weight is 251 g/mol. The molecule has 82 valence electrons. The molecule has 0 aliphatic carbocycles. The Morgan fingerprint density at radius 3 is 2.56 bits per heavy atom. The van der Waals surface area contributed by atoms with Crippen LogP contribution in [0.1, 0.15) is 18.9 Å². The fraction of sp³-hybridized carbons (Fsp3) is 0.154. The molecule has 1 nitrogen and oxygen atoms in total. The third kappa shape index (κ3) is 2.57. The fourth-order valence-electron chi connectivity index (χ4n) is 1.45. The van der Waals surface area contributed by atoms with Crippen LogP contribution in [0.2, 0.25) is 5.02 Å². The molecule has 0 bridgehead atoms. The van der Waals surface area contributed by atoms with Gasteiger partial charge in [0.05, 0.1) is 0 Å². The lowest BCUT2D eigenvalue weighted by molar-refractivity contribution is -0.107. The van der Waals surface area contributed by atoms with Gasteiger partial charge in [0, 0.05) is 10.6 Å². The van der Waals surface area contributed by atoms with Gasteiger partial charge >= 0.3 is 0 Å². The highest BCUT2D eigenvalue weighted by atomic mass is 35.5. The number of benzene rings is 1. The first kappa shape index (κ1) is 11.5. The molecule has 1 aliphatic rings. The van der Waals surface area contributed by atoms with Crippen molar-refractivity contribution in [2.24, 2.45) is 0 Å². The Hall–Kier alpha value is -0.990. The number of halogens is 1. The molecule has 1 heterocycles. The molecule has 1 aliphatic heterocycles. The summed E-state index contributed by atoms with van der Waals surface area (Å²) in [6.45, 7) is 2.05. The molecule has 0 amide bonds. The van der Waals surface area contributed by atoms with Crippen LogP contribution in [-0.2, 0) is 4.79 Å². The van der Waals surface area contributed by atoms with Gasteiger partial charge in [-0.25, -0.2) is 0 Å². The molecule has 3 heteroatoms. The summed E-state index contributed by atoms with van der Waals surface area (Å²) in [5.41, 5.74) is 1.77. The molecule has 1 aromatic carbocycles. The van der Waals surface area contributed by atoms with E-state index < -0.39 is 0 Å². The van der Waals surface area contributed by atoms with Crippen LogP contribution in [0.5, 0.6) is 0 Å². The molecule has 2 rings (SSSR count). The van der Waals surface area contributed by atoms with Gasteiger partial charge in [0.15, 0.2) is 0 Å². The lowest BCUT2D eigenvalue weighted by Gasteiger charge is -1.95. The van der Waals surface area contributed by atoms with Crippen molar-refractivity contribution in [1.82, 2.24) is 0 Å². The Morgan fingerprint density at radius 2 is 2.00 bits per heavy atom.